The Morgan fingerprint density at radius 1 is 1.08 bits per heavy atom. The average Bonchev–Trinajstić information content (AvgIpc) is 2.53. The molecule has 0 radical (unpaired) electrons. The quantitative estimate of drug-likeness (QED) is 0.601. The van der Waals surface area contributed by atoms with E-state index in [0.717, 1.165) is 6.04 Å². The van der Waals surface area contributed by atoms with Gasteiger partial charge in [-0.15, -0.1) is 0 Å². The van der Waals surface area contributed by atoms with Gasteiger partial charge in [0.15, 0.2) is 0 Å². The van der Waals surface area contributed by atoms with Gasteiger partial charge in [-0.3, -0.25) is 4.90 Å². The van der Waals surface area contributed by atoms with E-state index >= 15 is 0 Å². The lowest BCUT2D eigenvalue weighted by Crippen LogP contribution is -2.44. The Morgan fingerprint density at radius 3 is 2.38 bits per heavy atom. The highest BCUT2D eigenvalue weighted by molar-refractivity contribution is 4.85. The van der Waals surface area contributed by atoms with Crippen LogP contribution in [0.1, 0.15) is 52.4 Å². The second-order valence-electron chi connectivity index (χ2n) is 5.68. The summed E-state index contributed by atoms with van der Waals surface area (Å²) >= 11 is 0. The molecule has 2 fully saturated rings. The van der Waals surface area contributed by atoms with Gasteiger partial charge in [0, 0.05) is 12.6 Å². The van der Waals surface area contributed by atoms with E-state index in [4.69, 9.17) is 0 Å². The van der Waals surface area contributed by atoms with E-state index in [9.17, 15) is 0 Å². The van der Waals surface area contributed by atoms with Crippen LogP contribution in [0.2, 0.25) is 0 Å². The highest BCUT2D eigenvalue weighted by Crippen LogP contribution is 2.33. The second kappa shape index (κ2) is 3.61. The molecule has 2 rings (SSSR count). The van der Waals surface area contributed by atoms with Crippen molar-refractivity contribution in [1.82, 2.24) is 4.90 Å². The second-order valence-corrected chi connectivity index (χ2v) is 5.68. The van der Waals surface area contributed by atoms with Gasteiger partial charge in [0.2, 0.25) is 0 Å². The Kier molecular flexibility index (Phi) is 2.64. The molecule has 0 amide bonds. The standard InChI is InChI=1S/C12H23N/c1-12(2)8-5-9-13(10-12)11-6-3-4-7-11/h11H,3-10H2,1-2H3. The Balaban J connectivity index is 1.91. The van der Waals surface area contributed by atoms with Crippen LogP contribution in [-0.4, -0.2) is 24.0 Å². The van der Waals surface area contributed by atoms with Crippen LogP contribution in [0.4, 0.5) is 0 Å². The molecule has 0 aromatic rings. The van der Waals surface area contributed by atoms with E-state index in [2.05, 4.69) is 18.7 Å². The van der Waals surface area contributed by atoms with Gasteiger partial charge >= 0.3 is 0 Å². The molecule has 0 N–H and O–H groups in total. The van der Waals surface area contributed by atoms with Crippen LogP contribution in [0.5, 0.6) is 0 Å². The maximum atomic E-state index is 2.76. The van der Waals surface area contributed by atoms with Crippen LogP contribution in [-0.2, 0) is 0 Å². The molecule has 0 aromatic carbocycles. The monoisotopic (exact) mass is 181 g/mol. The zero-order valence-electron chi connectivity index (χ0n) is 9.18. The molecular formula is C12H23N. The lowest BCUT2D eigenvalue weighted by Gasteiger charge is -2.41. The fourth-order valence-corrected chi connectivity index (χ4v) is 3.05. The largest absolute Gasteiger partial charge is 0.300 e. The summed E-state index contributed by atoms with van der Waals surface area (Å²) in [6.07, 6.45) is 8.73. The molecule has 13 heavy (non-hydrogen) atoms. The van der Waals surface area contributed by atoms with Crippen molar-refractivity contribution in [1.29, 1.82) is 0 Å². The topological polar surface area (TPSA) is 3.24 Å². The van der Waals surface area contributed by atoms with Gasteiger partial charge in [-0.05, 0) is 37.6 Å². The summed E-state index contributed by atoms with van der Waals surface area (Å²) in [6.45, 7) is 7.56. The summed E-state index contributed by atoms with van der Waals surface area (Å²) < 4.78 is 0. The first-order valence-corrected chi connectivity index (χ1v) is 5.91. The Labute approximate surface area is 82.5 Å². The number of likely N-dealkylation sites (tertiary alicyclic amines) is 1. The average molecular weight is 181 g/mol. The molecule has 0 unspecified atom stereocenters. The highest BCUT2D eigenvalue weighted by atomic mass is 15.2. The first kappa shape index (κ1) is 9.51. The molecule has 1 saturated heterocycles. The summed E-state index contributed by atoms with van der Waals surface area (Å²) in [5.74, 6) is 0. The normalized spacial score (nSPS) is 30.9. The predicted molar refractivity (Wildman–Crippen MR) is 56.8 cm³/mol. The minimum absolute atomic E-state index is 0.584. The molecule has 0 aromatic heterocycles. The van der Waals surface area contributed by atoms with Gasteiger partial charge in [-0.2, -0.15) is 0 Å². The summed E-state index contributed by atoms with van der Waals surface area (Å²) in [5, 5.41) is 0. The lowest BCUT2D eigenvalue weighted by atomic mass is 9.83. The van der Waals surface area contributed by atoms with Crippen molar-refractivity contribution in [3.63, 3.8) is 0 Å². The van der Waals surface area contributed by atoms with E-state index in [1.54, 1.807) is 0 Å². The van der Waals surface area contributed by atoms with Crippen LogP contribution in [0, 0.1) is 5.41 Å². The summed E-state index contributed by atoms with van der Waals surface area (Å²) in [4.78, 5) is 2.76. The van der Waals surface area contributed by atoms with Crippen LogP contribution >= 0.6 is 0 Å². The lowest BCUT2D eigenvalue weighted by molar-refractivity contribution is 0.0803. The van der Waals surface area contributed by atoms with Crippen molar-refractivity contribution in [3.05, 3.63) is 0 Å². The smallest absolute Gasteiger partial charge is 0.00954 e. The maximum Gasteiger partial charge on any atom is 0.00954 e. The highest BCUT2D eigenvalue weighted by Gasteiger charge is 2.31. The van der Waals surface area contributed by atoms with Gasteiger partial charge < -0.3 is 0 Å². The molecule has 2 aliphatic rings. The minimum atomic E-state index is 0.584. The van der Waals surface area contributed by atoms with Gasteiger partial charge in [0.05, 0.1) is 0 Å². The van der Waals surface area contributed by atoms with Crippen LogP contribution in [0.15, 0.2) is 0 Å². The SMILES string of the molecule is CC1(C)CCCN(C2CCCC2)C1. The molecule has 0 bridgehead atoms. The number of rotatable bonds is 1. The Hall–Kier alpha value is -0.0400. The Bertz CT molecular complexity index is 168. The van der Waals surface area contributed by atoms with E-state index in [-0.39, 0.29) is 0 Å². The maximum absolute atomic E-state index is 2.76. The van der Waals surface area contributed by atoms with Crippen molar-refractivity contribution in [2.24, 2.45) is 5.41 Å². The Morgan fingerprint density at radius 2 is 1.77 bits per heavy atom. The number of hydrogen-bond donors (Lipinski definition) is 0. The molecular weight excluding hydrogens is 158 g/mol. The number of hydrogen-bond acceptors (Lipinski definition) is 1. The van der Waals surface area contributed by atoms with Crippen molar-refractivity contribution in [3.8, 4) is 0 Å². The van der Waals surface area contributed by atoms with Crippen molar-refractivity contribution >= 4 is 0 Å². The molecule has 76 valence electrons. The van der Waals surface area contributed by atoms with E-state index < -0.39 is 0 Å². The molecule has 1 heteroatoms. The third-order valence-electron chi connectivity index (χ3n) is 3.77. The van der Waals surface area contributed by atoms with Gasteiger partial charge in [0.1, 0.15) is 0 Å². The van der Waals surface area contributed by atoms with Gasteiger partial charge in [-0.25, -0.2) is 0 Å². The molecule has 0 spiro atoms. The van der Waals surface area contributed by atoms with E-state index in [1.807, 2.05) is 0 Å². The van der Waals surface area contributed by atoms with Crippen molar-refractivity contribution in [2.45, 2.75) is 58.4 Å². The van der Waals surface area contributed by atoms with Gasteiger partial charge in [0.25, 0.3) is 0 Å². The van der Waals surface area contributed by atoms with Crippen LogP contribution < -0.4 is 0 Å². The first-order valence-electron chi connectivity index (χ1n) is 5.91. The molecule has 1 saturated carbocycles. The zero-order chi connectivity index (χ0) is 9.31. The van der Waals surface area contributed by atoms with E-state index in [0.29, 0.717) is 5.41 Å². The van der Waals surface area contributed by atoms with Gasteiger partial charge in [-0.1, -0.05) is 26.7 Å². The van der Waals surface area contributed by atoms with Crippen LogP contribution in [0.3, 0.4) is 0 Å². The number of nitrogens with zero attached hydrogens (tertiary/aromatic N) is 1. The number of piperidine rings is 1. The van der Waals surface area contributed by atoms with E-state index in [1.165, 1.54) is 51.6 Å². The molecule has 1 nitrogen and oxygen atoms in total. The third kappa shape index (κ3) is 2.25. The molecule has 1 heterocycles. The molecule has 1 aliphatic carbocycles. The summed E-state index contributed by atoms with van der Waals surface area (Å²) in [7, 11) is 0. The van der Waals surface area contributed by atoms with Crippen molar-refractivity contribution in [2.75, 3.05) is 13.1 Å². The predicted octanol–water partition coefficient (Wildman–Crippen LogP) is 3.05. The van der Waals surface area contributed by atoms with Crippen molar-refractivity contribution < 1.29 is 0 Å². The third-order valence-corrected chi connectivity index (χ3v) is 3.77. The fraction of sp³-hybridized carbons (Fsp3) is 1.00. The zero-order valence-corrected chi connectivity index (χ0v) is 9.18. The summed E-state index contributed by atoms with van der Waals surface area (Å²) in [6, 6.07) is 0.944. The fourth-order valence-electron chi connectivity index (χ4n) is 3.05. The molecule has 1 aliphatic heterocycles. The minimum Gasteiger partial charge on any atom is -0.300 e. The first-order chi connectivity index (χ1) is 6.17. The molecule has 0 atom stereocenters. The van der Waals surface area contributed by atoms with Crippen LogP contribution in [0.25, 0.3) is 0 Å². The summed E-state index contributed by atoms with van der Waals surface area (Å²) in [5.41, 5.74) is 0.584.